The van der Waals surface area contributed by atoms with E-state index in [1.807, 2.05) is 0 Å². The summed E-state index contributed by atoms with van der Waals surface area (Å²) in [6.07, 6.45) is -4.62. The molecule has 0 saturated heterocycles. The van der Waals surface area contributed by atoms with Gasteiger partial charge in [0.1, 0.15) is 0 Å². The van der Waals surface area contributed by atoms with Crippen LogP contribution in [0.2, 0.25) is 0 Å². The molecule has 0 aliphatic heterocycles. The number of benzene rings is 2. The summed E-state index contributed by atoms with van der Waals surface area (Å²) < 4.78 is 70.4. The lowest BCUT2D eigenvalue weighted by Gasteiger charge is -2.34. The van der Waals surface area contributed by atoms with Gasteiger partial charge in [-0.15, -0.1) is 11.8 Å². The fraction of sp³-hybridized carbons (Fsp3) is 0.481. The van der Waals surface area contributed by atoms with Crippen LogP contribution >= 0.6 is 19.4 Å². The van der Waals surface area contributed by atoms with Crippen molar-refractivity contribution in [2.45, 2.75) is 57.0 Å². The summed E-state index contributed by atoms with van der Waals surface area (Å²) in [6, 6.07) is 12.8. The van der Waals surface area contributed by atoms with Crippen molar-refractivity contribution < 1.29 is 41.1 Å². The Morgan fingerprint density at radius 3 is 2.03 bits per heavy atom. The standard InChI is InChI=1S/C27H34F3O6PS/c1-6-34-26(32)23(37(33,35-7-2)36-8-3)24(18(4)5)38-25(19-13-10-9-11-14-19)22(31)20-15-12-16-21(17-20)27(28,29)30/h9-18,23-25H,6-8H2,1-5H3. The first-order valence-corrected chi connectivity index (χ1v) is 14.9. The van der Waals surface area contributed by atoms with E-state index in [0.29, 0.717) is 5.56 Å². The number of hydrogen-bond donors (Lipinski definition) is 0. The van der Waals surface area contributed by atoms with Gasteiger partial charge in [-0.3, -0.25) is 14.2 Å². The van der Waals surface area contributed by atoms with Crippen LogP contribution < -0.4 is 0 Å². The van der Waals surface area contributed by atoms with Crippen LogP contribution in [0.1, 0.15) is 61.4 Å². The van der Waals surface area contributed by atoms with Crippen molar-refractivity contribution in [3.05, 3.63) is 71.3 Å². The summed E-state index contributed by atoms with van der Waals surface area (Å²) in [6.45, 7) is 8.48. The van der Waals surface area contributed by atoms with E-state index in [0.717, 1.165) is 23.9 Å². The molecular weight excluding hydrogens is 540 g/mol. The maximum absolute atomic E-state index is 13.9. The first-order chi connectivity index (χ1) is 17.9. The Hall–Kier alpha value is -2.13. The van der Waals surface area contributed by atoms with Crippen LogP contribution in [0, 0.1) is 5.92 Å². The van der Waals surface area contributed by atoms with E-state index in [1.54, 1.807) is 65.0 Å². The summed E-state index contributed by atoms with van der Waals surface area (Å²) in [4.78, 5) is 27.0. The van der Waals surface area contributed by atoms with Gasteiger partial charge in [0, 0.05) is 10.8 Å². The monoisotopic (exact) mass is 574 g/mol. The molecule has 0 N–H and O–H groups in total. The van der Waals surface area contributed by atoms with Crippen molar-refractivity contribution in [2.75, 3.05) is 19.8 Å². The number of ether oxygens (including phenoxy) is 1. The third kappa shape index (κ3) is 8.18. The fourth-order valence-corrected chi connectivity index (χ4v) is 8.17. The molecule has 2 aromatic carbocycles. The molecule has 6 nitrogen and oxygen atoms in total. The van der Waals surface area contributed by atoms with Crippen LogP contribution in [0.25, 0.3) is 0 Å². The van der Waals surface area contributed by atoms with E-state index in [-0.39, 0.29) is 31.3 Å². The molecule has 2 aromatic rings. The van der Waals surface area contributed by atoms with Crippen molar-refractivity contribution >= 4 is 31.1 Å². The lowest BCUT2D eigenvalue weighted by Crippen LogP contribution is -2.39. The zero-order valence-corrected chi connectivity index (χ0v) is 23.8. The highest BCUT2D eigenvalue weighted by molar-refractivity contribution is 8.01. The minimum Gasteiger partial charge on any atom is -0.465 e. The number of Topliss-reactive ketones (excluding diaryl/α,β-unsaturated/α-hetero) is 1. The number of hydrogen-bond acceptors (Lipinski definition) is 7. The normalized spacial score (nSPS) is 14.7. The molecule has 0 aromatic heterocycles. The number of ketones is 1. The molecule has 3 unspecified atom stereocenters. The molecule has 11 heteroatoms. The van der Waals surface area contributed by atoms with Crippen LogP contribution in [0.5, 0.6) is 0 Å². The summed E-state index contributed by atoms with van der Waals surface area (Å²) in [7, 11) is -4.06. The average Bonchev–Trinajstić information content (AvgIpc) is 2.86. The second kappa shape index (κ2) is 14.3. The average molecular weight is 575 g/mol. The SMILES string of the molecule is CCOC(=O)C(C(SC(C(=O)c1cccc(C(F)(F)F)c1)c1ccccc1)C(C)C)P(=O)(OCC)OCC. The molecule has 0 amide bonds. The molecule has 0 heterocycles. The maximum Gasteiger partial charge on any atom is 0.416 e. The number of esters is 1. The molecule has 0 radical (unpaired) electrons. The second-order valence-corrected chi connectivity index (χ2v) is 12.1. The quantitative estimate of drug-likeness (QED) is 0.131. The smallest absolute Gasteiger partial charge is 0.416 e. The van der Waals surface area contributed by atoms with E-state index >= 15 is 0 Å². The summed E-state index contributed by atoms with van der Waals surface area (Å²) in [5.41, 5.74) is -1.92. The number of carbonyl (C=O) groups excluding carboxylic acids is 2. The van der Waals surface area contributed by atoms with E-state index in [4.69, 9.17) is 13.8 Å². The summed E-state index contributed by atoms with van der Waals surface area (Å²) in [5.74, 6) is -1.70. The molecule has 0 saturated carbocycles. The highest BCUT2D eigenvalue weighted by atomic mass is 32.2. The van der Waals surface area contributed by atoms with Crippen LogP contribution in [-0.4, -0.2) is 42.5 Å². The Bertz CT molecular complexity index is 1100. The van der Waals surface area contributed by atoms with Crippen molar-refractivity contribution in [3.8, 4) is 0 Å². The molecule has 0 bridgehead atoms. The lowest BCUT2D eigenvalue weighted by atomic mass is 10.0. The highest BCUT2D eigenvalue weighted by Gasteiger charge is 2.50. The first-order valence-electron chi connectivity index (χ1n) is 12.4. The van der Waals surface area contributed by atoms with Crippen molar-refractivity contribution in [1.29, 1.82) is 0 Å². The number of rotatable bonds is 14. The molecule has 38 heavy (non-hydrogen) atoms. The number of thioether (sulfide) groups is 1. The van der Waals surface area contributed by atoms with Crippen molar-refractivity contribution in [1.82, 2.24) is 0 Å². The van der Waals surface area contributed by atoms with Crippen LogP contribution in [0.4, 0.5) is 13.2 Å². The second-order valence-electron chi connectivity index (χ2n) is 8.65. The van der Waals surface area contributed by atoms with Crippen molar-refractivity contribution in [2.24, 2.45) is 5.92 Å². The molecule has 0 spiro atoms. The Kier molecular flexibility index (Phi) is 12.1. The van der Waals surface area contributed by atoms with Crippen LogP contribution in [0.15, 0.2) is 54.6 Å². The molecule has 0 aliphatic carbocycles. The minimum atomic E-state index is -4.62. The van der Waals surface area contributed by atoms with Gasteiger partial charge in [-0.25, -0.2) is 0 Å². The van der Waals surface area contributed by atoms with Gasteiger partial charge in [-0.2, -0.15) is 13.2 Å². The Balaban J connectivity index is 2.65. The van der Waals surface area contributed by atoms with Gasteiger partial charge < -0.3 is 13.8 Å². The van der Waals surface area contributed by atoms with E-state index in [2.05, 4.69) is 0 Å². The Labute approximate surface area is 226 Å². The van der Waals surface area contributed by atoms with Gasteiger partial charge in [0.25, 0.3) is 0 Å². The van der Waals surface area contributed by atoms with Crippen LogP contribution in [0.3, 0.4) is 0 Å². The predicted molar refractivity (Wildman–Crippen MR) is 142 cm³/mol. The number of halogens is 3. The minimum absolute atomic E-state index is 0.00788. The van der Waals surface area contributed by atoms with Gasteiger partial charge in [0.2, 0.25) is 0 Å². The largest absolute Gasteiger partial charge is 0.465 e. The van der Waals surface area contributed by atoms with Gasteiger partial charge in [0.05, 0.1) is 30.6 Å². The zero-order valence-electron chi connectivity index (χ0n) is 22.1. The molecular formula is C27H34F3O6PS. The van der Waals surface area contributed by atoms with Gasteiger partial charge in [-0.1, -0.05) is 56.3 Å². The molecule has 0 aliphatic rings. The molecule has 210 valence electrons. The van der Waals surface area contributed by atoms with Crippen LogP contribution in [-0.2, 0) is 29.3 Å². The zero-order chi connectivity index (χ0) is 28.5. The summed E-state index contributed by atoms with van der Waals surface area (Å²) in [5, 5.41) is -1.82. The highest BCUT2D eigenvalue weighted by Crippen LogP contribution is 2.58. The van der Waals surface area contributed by atoms with Gasteiger partial charge >= 0.3 is 19.7 Å². The molecule has 2 rings (SSSR count). The van der Waals surface area contributed by atoms with E-state index in [1.165, 1.54) is 12.1 Å². The third-order valence-corrected chi connectivity index (χ3v) is 10.1. The van der Waals surface area contributed by atoms with Gasteiger partial charge in [-0.05, 0) is 44.4 Å². The Morgan fingerprint density at radius 2 is 1.53 bits per heavy atom. The Morgan fingerprint density at radius 1 is 0.921 bits per heavy atom. The van der Waals surface area contributed by atoms with E-state index < -0.39 is 47.2 Å². The van der Waals surface area contributed by atoms with Crippen molar-refractivity contribution in [3.63, 3.8) is 0 Å². The topological polar surface area (TPSA) is 78.9 Å². The first kappa shape index (κ1) is 32.1. The lowest BCUT2D eigenvalue weighted by molar-refractivity contribution is -0.143. The maximum atomic E-state index is 13.9. The summed E-state index contributed by atoms with van der Waals surface area (Å²) >= 11 is 1.04. The fourth-order valence-electron chi connectivity index (χ4n) is 3.90. The molecule has 0 fully saturated rings. The van der Waals surface area contributed by atoms with E-state index in [9.17, 15) is 27.3 Å². The predicted octanol–water partition coefficient (Wildman–Crippen LogP) is 7.59. The molecule has 3 atom stereocenters. The third-order valence-electron chi connectivity index (χ3n) is 5.56. The number of carbonyl (C=O) groups is 2. The van der Waals surface area contributed by atoms with Gasteiger partial charge in [0.15, 0.2) is 11.4 Å². The number of alkyl halides is 3.